The highest BCUT2D eigenvalue weighted by atomic mass is 16.7. The van der Waals surface area contributed by atoms with Crippen molar-refractivity contribution in [1.82, 2.24) is 0 Å². The van der Waals surface area contributed by atoms with Crippen molar-refractivity contribution in [1.29, 1.82) is 0 Å². The van der Waals surface area contributed by atoms with Crippen LogP contribution in [0.15, 0.2) is 36.5 Å². The zero-order valence-corrected chi connectivity index (χ0v) is 33.2. The van der Waals surface area contributed by atoms with Crippen molar-refractivity contribution < 1.29 is 43.3 Å². The van der Waals surface area contributed by atoms with E-state index in [0.717, 1.165) is 78.6 Å². The lowest BCUT2D eigenvalue weighted by molar-refractivity contribution is -0.686. The van der Waals surface area contributed by atoms with Crippen LogP contribution in [-0.4, -0.2) is 55.5 Å². The van der Waals surface area contributed by atoms with E-state index in [2.05, 4.69) is 55.8 Å². The monoisotopic (exact) mass is 754 g/mol. The smallest absolute Gasteiger partial charge is 0.305 e. The van der Waals surface area contributed by atoms with Crippen molar-refractivity contribution >= 4 is 16.7 Å². The van der Waals surface area contributed by atoms with E-state index < -0.39 is 0 Å². The first-order chi connectivity index (χ1) is 26.6. The summed E-state index contributed by atoms with van der Waals surface area (Å²) in [5.74, 6) is 5.73. The molecule has 55 heavy (non-hydrogen) atoms. The van der Waals surface area contributed by atoms with E-state index in [4.69, 9.17) is 23.7 Å². The Morgan fingerprint density at radius 1 is 0.982 bits per heavy atom. The molecule has 2 aromatic carbocycles. The summed E-state index contributed by atoms with van der Waals surface area (Å²) in [4.78, 5) is 13.0. The number of carbonyl (C=O) groups is 1. The predicted molar refractivity (Wildman–Crippen MR) is 208 cm³/mol. The number of benzene rings is 2. The molecule has 3 aromatic rings. The van der Waals surface area contributed by atoms with Crippen LogP contribution in [0.25, 0.3) is 22.0 Å². The normalized spacial score (nSPS) is 33.5. The first kappa shape index (κ1) is 37.0. The molecule has 3 heterocycles. The summed E-state index contributed by atoms with van der Waals surface area (Å²) >= 11 is 0. The van der Waals surface area contributed by atoms with Gasteiger partial charge in [0.2, 0.25) is 12.5 Å². The minimum absolute atomic E-state index is 0.134. The topological polar surface area (TPSA) is 108 Å². The number of fused-ring (bicyclic) bond motifs is 10. The van der Waals surface area contributed by atoms with Gasteiger partial charge in [0.1, 0.15) is 0 Å². The molecule has 296 valence electrons. The van der Waals surface area contributed by atoms with E-state index in [-0.39, 0.29) is 35.8 Å². The number of aliphatic hydroxyl groups is 2. The second kappa shape index (κ2) is 14.4. The van der Waals surface area contributed by atoms with Crippen molar-refractivity contribution in [3.8, 4) is 34.3 Å². The first-order valence-corrected chi connectivity index (χ1v) is 21.2. The van der Waals surface area contributed by atoms with Gasteiger partial charge in [-0.2, -0.15) is 4.57 Å². The summed E-state index contributed by atoms with van der Waals surface area (Å²) in [5, 5.41) is 24.1. The lowest BCUT2D eigenvalue weighted by Crippen LogP contribution is -2.58. The number of esters is 1. The molecule has 0 amide bonds. The van der Waals surface area contributed by atoms with Crippen LogP contribution in [0.2, 0.25) is 0 Å². The van der Waals surface area contributed by atoms with Gasteiger partial charge in [-0.3, -0.25) is 4.79 Å². The molecule has 6 aliphatic rings. The van der Waals surface area contributed by atoms with Crippen LogP contribution in [-0.2, 0) is 22.5 Å². The third kappa shape index (κ3) is 6.36. The lowest BCUT2D eigenvalue weighted by atomic mass is 9.43. The number of aryl methyl sites for hydroxylation is 2. The molecule has 0 spiro atoms. The number of rotatable bonds is 10. The SMILES string of the molecule is COc1ccc2cc3[n+](cc2c1OCCCOC(=O)CC[C@@H](C)[C@H]1CC[C@H]2[C@@H]4[C@H](O)CC5C[C@H](O)CC[C@]5(C)[C@H]4CC[C@]12C)CCc1cc2c(cc1-3)OCO2. The van der Waals surface area contributed by atoms with Crippen molar-refractivity contribution in [3.05, 3.63) is 42.1 Å². The molecule has 9 rings (SSSR count). The number of aromatic nitrogens is 1. The average molecular weight is 755 g/mol. The van der Waals surface area contributed by atoms with E-state index in [1.165, 1.54) is 31.2 Å². The summed E-state index contributed by atoms with van der Waals surface area (Å²) in [6.45, 7) is 9.15. The minimum Gasteiger partial charge on any atom is -0.493 e. The molecule has 1 aromatic heterocycles. The maximum absolute atomic E-state index is 13.0. The van der Waals surface area contributed by atoms with Crippen LogP contribution in [0.4, 0.5) is 0 Å². The summed E-state index contributed by atoms with van der Waals surface area (Å²) in [5.41, 5.74) is 4.00. The standard InChI is InChI=1S/C46H60NO8/c1-27(34-8-9-35-43-36(13-16-46(34,35)3)45(2)15-12-31(48)22-30(45)23-38(43)49)6-11-42(50)52-18-5-19-53-44-33-25-47-17-14-29-21-40-41(55-26-54-40)24-32(29)37(47)20-28(33)7-10-39(44)51-4/h7,10,20-21,24-25,27,30-31,34-36,38,43,48-49H,5-6,8-9,11-19,22-23,26H2,1-4H3/q+1/t27-,30?,31-,34-,35+,36+,38-,43+,45+,46-/m1/s1. The fraction of sp³-hybridized carbons (Fsp3) is 0.652. The Hall–Kier alpha value is -3.56. The Bertz CT molecular complexity index is 1950. The van der Waals surface area contributed by atoms with Crippen LogP contribution in [0.1, 0.15) is 97.0 Å². The Morgan fingerprint density at radius 3 is 2.62 bits per heavy atom. The lowest BCUT2D eigenvalue weighted by Gasteiger charge is -2.62. The molecule has 4 aliphatic carbocycles. The highest BCUT2D eigenvalue weighted by Crippen LogP contribution is 2.68. The van der Waals surface area contributed by atoms with E-state index in [1.54, 1.807) is 7.11 Å². The molecule has 0 saturated heterocycles. The van der Waals surface area contributed by atoms with Crippen LogP contribution in [0.3, 0.4) is 0 Å². The van der Waals surface area contributed by atoms with Crippen LogP contribution in [0.5, 0.6) is 23.0 Å². The number of ether oxygens (including phenoxy) is 5. The van der Waals surface area contributed by atoms with Gasteiger partial charge >= 0.3 is 5.97 Å². The third-order valence-electron chi connectivity index (χ3n) is 15.8. The summed E-state index contributed by atoms with van der Waals surface area (Å²) in [6.07, 6.45) is 12.9. The number of aliphatic hydroxyl groups excluding tert-OH is 2. The maximum atomic E-state index is 13.0. The summed E-state index contributed by atoms with van der Waals surface area (Å²) in [6, 6.07) is 10.4. The number of hydrogen-bond donors (Lipinski definition) is 2. The van der Waals surface area contributed by atoms with E-state index >= 15 is 0 Å². The number of pyridine rings is 1. The molecule has 9 nitrogen and oxygen atoms in total. The highest BCUT2D eigenvalue weighted by Gasteiger charge is 2.62. The van der Waals surface area contributed by atoms with Crippen LogP contribution >= 0.6 is 0 Å². The largest absolute Gasteiger partial charge is 0.493 e. The molecule has 2 aliphatic heterocycles. The molecule has 0 bridgehead atoms. The molecular formula is C46H60NO8+. The van der Waals surface area contributed by atoms with E-state index in [9.17, 15) is 15.0 Å². The van der Waals surface area contributed by atoms with Gasteiger partial charge in [-0.1, -0.05) is 20.8 Å². The molecule has 4 fully saturated rings. The van der Waals surface area contributed by atoms with Gasteiger partial charge in [-0.25, -0.2) is 0 Å². The molecule has 4 saturated carbocycles. The van der Waals surface area contributed by atoms with Crippen molar-refractivity contribution in [2.24, 2.45) is 46.3 Å². The zero-order chi connectivity index (χ0) is 38.1. The van der Waals surface area contributed by atoms with Crippen LogP contribution in [0, 0.1) is 46.3 Å². The van der Waals surface area contributed by atoms with Crippen molar-refractivity contribution in [2.45, 2.75) is 117 Å². The van der Waals surface area contributed by atoms with Gasteiger partial charge in [0, 0.05) is 25.3 Å². The third-order valence-corrected chi connectivity index (χ3v) is 15.8. The Morgan fingerprint density at radius 2 is 1.78 bits per heavy atom. The Labute approximate surface area is 325 Å². The first-order valence-electron chi connectivity index (χ1n) is 21.2. The van der Waals surface area contributed by atoms with Gasteiger partial charge in [0.05, 0.1) is 43.5 Å². The molecule has 2 N–H and O–H groups in total. The molecule has 10 atom stereocenters. The van der Waals surface area contributed by atoms with E-state index in [0.29, 0.717) is 73.1 Å². The second-order valence-corrected chi connectivity index (χ2v) is 18.5. The number of methoxy groups -OCH3 is 1. The second-order valence-electron chi connectivity index (χ2n) is 18.5. The number of hydrogen-bond acceptors (Lipinski definition) is 8. The van der Waals surface area contributed by atoms with Gasteiger partial charge in [0.15, 0.2) is 35.7 Å². The molecule has 0 radical (unpaired) electrons. The van der Waals surface area contributed by atoms with Gasteiger partial charge in [0.25, 0.3) is 0 Å². The summed E-state index contributed by atoms with van der Waals surface area (Å²) in [7, 11) is 1.66. The van der Waals surface area contributed by atoms with Crippen molar-refractivity contribution in [2.75, 3.05) is 27.1 Å². The minimum atomic E-state index is -0.261. The molecular weight excluding hydrogens is 695 g/mol. The van der Waals surface area contributed by atoms with Crippen LogP contribution < -0.4 is 23.5 Å². The zero-order valence-electron chi connectivity index (χ0n) is 33.2. The van der Waals surface area contributed by atoms with Gasteiger partial charge in [-0.05, 0) is 139 Å². The number of nitrogens with zero attached hydrogens (tertiary/aromatic N) is 1. The maximum Gasteiger partial charge on any atom is 0.305 e. The van der Waals surface area contributed by atoms with Crippen molar-refractivity contribution in [3.63, 3.8) is 0 Å². The summed E-state index contributed by atoms with van der Waals surface area (Å²) < 4.78 is 31.4. The van der Waals surface area contributed by atoms with Gasteiger partial charge < -0.3 is 33.9 Å². The predicted octanol–water partition coefficient (Wildman–Crippen LogP) is 7.81. The van der Waals surface area contributed by atoms with Gasteiger partial charge in [-0.15, -0.1) is 0 Å². The Kier molecular flexibility index (Phi) is 9.72. The number of carbonyl (C=O) groups excluding carboxylic acids is 1. The fourth-order valence-corrected chi connectivity index (χ4v) is 12.9. The Balaban J connectivity index is 0.779. The fourth-order valence-electron chi connectivity index (χ4n) is 12.9. The average Bonchev–Trinajstić information content (AvgIpc) is 3.79. The highest BCUT2D eigenvalue weighted by molar-refractivity contribution is 5.91. The molecule has 9 heteroatoms. The molecule has 1 unspecified atom stereocenters. The van der Waals surface area contributed by atoms with E-state index in [1.807, 2.05) is 6.07 Å². The quantitative estimate of drug-likeness (QED) is 0.123.